The maximum absolute atomic E-state index is 11.6. The predicted molar refractivity (Wildman–Crippen MR) is 67.8 cm³/mol. The number of hydrogen-bond acceptors (Lipinski definition) is 6. The van der Waals surface area contributed by atoms with E-state index in [1.807, 2.05) is 18.7 Å². The zero-order valence-electron chi connectivity index (χ0n) is 9.73. The van der Waals surface area contributed by atoms with Crippen LogP contribution in [0.3, 0.4) is 0 Å². The molecule has 2 N–H and O–H groups in total. The highest BCUT2D eigenvalue weighted by molar-refractivity contribution is 7.91. The van der Waals surface area contributed by atoms with E-state index < -0.39 is 9.84 Å². The zero-order valence-corrected chi connectivity index (χ0v) is 11.4. The van der Waals surface area contributed by atoms with Crippen LogP contribution in [0, 0.1) is 0 Å². The minimum Gasteiger partial charge on any atom is -0.382 e. The summed E-state index contributed by atoms with van der Waals surface area (Å²) >= 11 is 1.15. The summed E-state index contributed by atoms with van der Waals surface area (Å²) in [5.41, 5.74) is 5.61. The molecule has 0 saturated heterocycles. The van der Waals surface area contributed by atoms with Gasteiger partial charge in [0.15, 0.2) is 15.7 Å². The quantitative estimate of drug-likeness (QED) is 0.868. The van der Waals surface area contributed by atoms with E-state index in [9.17, 15) is 8.42 Å². The Morgan fingerprint density at radius 2 is 2.06 bits per heavy atom. The maximum atomic E-state index is 11.6. The van der Waals surface area contributed by atoms with Crippen LogP contribution >= 0.6 is 11.5 Å². The summed E-state index contributed by atoms with van der Waals surface area (Å²) in [6.07, 6.45) is 2.12. The molecule has 0 aliphatic rings. The van der Waals surface area contributed by atoms with Crippen LogP contribution in [-0.4, -0.2) is 32.1 Å². The molecule has 1 aromatic heterocycles. The second kappa shape index (κ2) is 5.01. The summed E-state index contributed by atoms with van der Waals surface area (Å²) in [7, 11) is -3.31. The highest BCUT2D eigenvalue weighted by Gasteiger charge is 2.24. The van der Waals surface area contributed by atoms with Crippen molar-refractivity contribution in [1.82, 2.24) is 4.37 Å². The Morgan fingerprint density at radius 3 is 2.50 bits per heavy atom. The van der Waals surface area contributed by atoms with Crippen LogP contribution in [0.4, 0.5) is 10.8 Å². The molecule has 1 aromatic rings. The molecule has 0 aliphatic heterocycles. The molecular weight excluding hydrogens is 246 g/mol. The first-order valence-electron chi connectivity index (χ1n) is 5.11. The van der Waals surface area contributed by atoms with Crippen LogP contribution in [0.15, 0.2) is 4.90 Å². The lowest BCUT2D eigenvalue weighted by Gasteiger charge is -2.20. The number of nitrogens with two attached hydrogens (primary N) is 1. The molecule has 0 unspecified atom stereocenters. The van der Waals surface area contributed by atoms with Gasteiger partial charge >= 0.3 is 0 Å². The largest absolute Gasteiger partial charge is 0.382 e. The molecule has 0 atom stereocenters. The Kier molecular flexibility index (Phi) is 4.15. The Morgan fingerprint density at radius 1 is 1.44 bits per heavy atom. The lowest BCUT2D eigenvalue weighted by atomic mass is 10.4. The number of hydrogen-bond donors (Lipinski definition) is 1. The fourth-order valence-electron chi connectivity index (χ4n) is 1.51. The van der Waals surface area contributed by atoms with Crippen molar-refractivity contribution < 1.29 is 8.42 Å². The minimum atomic E-state index is -3.31. The fraction of sp³-hybridized carbons (Fsp3) is 0.667. The summed E-state index contributed by atoms with van der Waals surface area (Å²) < 4.78 is 27.2. The van der Waals surface area contributed by atoms with Crippen molar-refractivity contribution in [2.75, 3.05) is 30.0 Å². The Balaban J connectivity index is 3.24. The van der Waals surface area contributed by atoms with E-state index in [-0.39, 0.29) is 10.7 Å². The van der Waals surface area contributed by atoms with Crippen molar-refractivity contribution in [3.63, 3.8) is 0 Å². The highest BCUT2D eigenvalue weighted by atomic mass is 32.2. The number of nitrogens with zero attached hydrogens (tertiary/aromatic N) is 2. The van der Waals surface area contributed by atoms with Crippen molar-refractivity contribution >= 4 is 32.2 Å². The second-order valence-electron chi connectivity index (χ2n) is 3.55. The number of anilines is 2. The summed E-state index contributed by atoms with van der Waals surface area (Å²) in [4.78, 5) is 2.16. The van der Waals surface area contributed by atoms with Gasteiger partial charge in [0, 0.05) is 19.3 Å². The van der Waals surface area contributed by atoms with E-state index >= 15 is 0 Å². The topological polar surface area (TPSA) is 76.3 Å². The van der Waals surface area contributed by atoms with Crippen molar-refractivity contribution in [2.24, 2.45) is 0 Å². The van der Waals surface area contributed by atoms with Crippen molar-refractivity contribution in [3.8, 4) is 0 Å². The van der Waals surface area contributed by atoms with Gasteiger partial charge < -0.3 is 10.6 Å². The van der Waals surface area contributed by atoms with Crippen molar-refractivity contribution in [3.05, 3.63) is 0 Å². The Hall–Kier alpha value is -0.820. The highest BCUT2D eigenvalue weighted by Crippen LogP contribution is 2.34. The molecule has 16 heavy (non-hydrogen) atoms. The number of sulfone groups is 1. The molecular formula is C9H17N3O2S2. The molecule has 0 bridgehead atoms. The number of nitrogen functional groups attached to an aromatic ring is 1. The Bertz CT molecular complexity index is 453. The Labute approximate surface area is 100 Å². The SMILES string of the molecule is CCCN(CC)c1snc(N)c1S(C)(=O)=O. The molecule has 1 heterocycles. The number of aromatic nitrogens is 1. The predicted octanol–water partition coefficient (Wildman–Crippen LogP) is 1.37. The van der Waals surface area contributed by atoms with Crippen LogP contribution in [0.1, 0.15) is 20.3 Å². The van der Waals surface area contributed by atoms with Gasteiger partial charge in [-0.15, -0.1) is 0 Å². The molecule has 7 heteroatoms. The van der Waals surface area contributed by atoms with Crippen molar-refractivity contribution in [1.29, 1.82) is 0 Å². The van der Waals surface area contributed by atoms with E-state index in [0.29, 0.717) is 5.00 Å². The van der Waals surface area contributed by atoms with E-state index in [4.69, 9.17) is 5.73 Å². The number of rotatable bonds is 5. The lowest BCUT2D eigenvalue weighted by molar-refractivity contribution is 0.602. The molecule has 0 saturated carbocycles. The molecule has 5 nitrogen and oxygen atoms in total. The van der Waals surface area contributed by atoms with E-state index in [1.165, 1.54) is 0 Å². The third-order valence-electron chi connectivity index (χ3n) is 2.19. The van der Waals surface area contributed by atoms with Crippen LogP contribution in [0.5, 0.6) is 0 Å². The average molecular weight is 263 g/mol. The van der Waals surface area contributed by atoms with Gasteiger partial charge in [0.1, 0.15) is 9.90 Å². The zero-order chi connectivity index (χ0) is 12.3. The van der Waals surface area contributed by atoms with Crippen LogP contribution in [-0.2, 0) is 9.84 Å². The molecule has 92 valence electrons. The first-order chi connectivity index (χ1) is 7.41. The van der Waals surface area contributed by atoms with Gasteiger partial charge in [-0.2, -0.15) is 4.37 Å². The first kappa shape index (κ1) is 13.2. The lowest BCUT2D eigenvalue weighted by Crippen LogP contribution is -2.24. The molecule has 0 aliphatic carbocycles. The van der Waals surface area contributed by atoms with Gasteiger partial charge in [-0.05, 0) is 24.9 Å². The van der Waals surface area contributed by atoms with Gasteiger partial charge in [0.2, 0.25) is 0 Å². The molecule has 0 radical (unpaired) electrons. The van der Waals surface area contributed by atoms with Crippen molar-refractivity contribution in [2.45, 2.75) is 25.2 Å². The molecule has 0 aromatic carbocycles. The van der Waals surface area contributed by atoms with E-state index in [2.05, 4.69) is 4.37 Å². The normalized spacial score (nSPS) is 11.7. The summed E-state index contributed by atoms with van der Waals surface area (Å²) in [5, 5.41) is 0.657. The first-order valence-corrected chi connectivity index (χ1v) is 7.78. The van der Waals surface area contributed by atoms with Gasteiger partial charge in [-0.25, -0.2) is 8.42 Å². The standard InChI is InChI=1S/C9H17N3O2S2/c1-4-6-12(5-2)9-7(16(3,13)14)8(10)11-15-9/h4-6H2,1-3H3,(H2,10,11). The minimum absolute atomic E-state index is 0.108. The molecule has 0 amide bonds. The molecule has 0 spiro atoms. The maximum Gasteiger partial charge on any atom is 0.182 e. The van der Waals surface area contributed by atoms with Crippen LogP contribution < -0.4 is 10.6 Å². The van der Waals surface area contributed by atoms with Gasteiger partial charge in [-0.3, -0.25) is 0 Å². The summed E-state index contributed by atoms with van der Waals surface area (Å²) in [6, 6.07) is 0. The van der Waals surface area contributed by atoms with Crippen LogP contribution in [0.2, 0.25) is 0 Å². The van der Waals surface area contributed by atoms with Gasteiger partial charge in [-0.1, -0.05) is 6.92 Å². The van der Waals surface area contributed by atoms with E-state index in [0.717, 1.165) is 37.3 Å². The fourth-order valence-corrected chi connectivity index (χ4v) is 3.80. The van der Waals surface area contributed by atoms with Crippen LogP contribution in [0.25, 0.3) is 0 Å². The second-order valence-corrected chi connectivity index (χ2v) is 6.26. The third kappa shape index (κ3) is 2.65. The average Bonchev–Trinajstić information content (AvgIpc) is 2.55. The smallest absolute Gasteiger partial charge is 0.182 e. The van der Waals surface area contributed by atoms with Gasteiger partial charge in [0.05, 0.1) is 0 Å². The third-order valence-corrected chi connectivity index (χ3v) is 4.39. The molecule has 0 fully saturated rings. The van der Waals surface area contributed by atoms with E-state index in [1.54, 1.807) is 0 Å². The molecule has 1 rings (SSSR count). The summed E-state index contributed by atoms with van der Waals surface area (Å²) in [5.74, 6) is 0.108. The monoisotopic (exact) mass is 263 g/mol. The summed E-state index contributed by atoms with van der Waals surface area (Å²) in [6.45, 7) is 5.59. The van der Waals surface area contributed by atoms with Gasteiger partial charge in [0.25, 0.3) is 0 Å².